The average Bonchev–Trinajstić information content (AvgIpc) is 3.12. The maximum Gasteiger partial charge on any atom is 0.339 e. The lowest BCUT2D eigenvalue weighted by atomic mass is 10.1. The molecule has 0 unspecified atom stereocenters. The van der Waals surface area contributed by atoms with Gasteiger partial charge >= 0.3 is 5.97 Å². The maximum atomic E-state index is 12.4. The molecule has 2 aromatic carbocycles. The van der Waals surface area contributed by atoms with Crippen LogP contribution in [0.15, 0.2) is 67.0 Å². The molecule has 1 aromatic heterocycles. The van der Waals surface area contributed by atoms with E-state index in [4.69, 9.17) is 4.74 Å². The zero-order valence-electron chi connectivity index (χ0n) is 13.0. The van der Waals surface area contributed by atoms with E-state index in [0.717, 1.165) is 5.69 Å². The summed E-state index contributed by atoms with van der Waals surface area (Å²) in [6.45, 7) is 0. The van der Waals surface area contributed by atoms with Crippen molar-refractivity contribution in [2.45, 2.75) is 0 Å². The van der Waals surface area contributed by atoms with E-state index in [-0.39, 0.29) is 5.91 Å². The third kappa shape index (κ3) is 3.17. The smallest absolute Gasteiger partial charge is 0.339 e. The molecule has 0 aliphatic carbocycles. The fraction of sp³-hybridized carbons (Fsp3) is 0.0556. The second-order valence-electron chi connectivity index (χ2n) is 5.00. The molecule has 1 amide bonds. The summed E-state index contributed by atoms with van der Waals surface area (Å²) in [6, 6.07) is 16.1. The molecule has 0 bridgehead atoms. The second-order valence-corrected chi connectivity index (χ2v) is 5.00. The highest BCUT2D eigenvalue weighted by atomic mass is 16.5. The Balaban J connectivity index is 1.82. The van der Waals surface area contributed by atoms with Crippen LogP contribution in [0.1, 0.15) is 20.7 Å². The Morgan fingerprint density at radius 3 is 2.50 bits per heavy atom. The van der Waals surface area contributed by atoms with Gasteiger partial charge in [0, 0.05) is 6.20 Å². The molecule has 120 valence electrons. The first-order chi connectivity index (χ1) is 11.7. The van der Waals surface area contributed by atoms with Gasteiger partial charge < -0.3 is 10.1 Å². The van der Waals surface area contributed by atoms with Crippen LogP contribution in [0.3, 0.4) is 0 Å². The van der Waals surface area contributed by atoms with Crippen molar-refractivity contribution in [2.75, 3.05) is 12.4 Å². The van der Waals surface area contributed by atoms with Crippen LogP contribution in [0, 0.1) is 0 Å². The van der Waals surface area contributed by atoms with Gasteiger partial charge in [0.25, 0.3) is 5.91 Å². The molecule has 0 saturated carbocycles. The van der Waals surface area contributed by atoms with E-state index in [2.05, 4.69) is 10.4 Å². The van der Waals surface area contributed by atoms with Crippen LogP contribution >= 0.6 is 0 Å². The first-order valence-electron chi connectivity index (χ1n) is 7.28. The first-order valence-corrected chi connectivity index (χ1v) is 7.28. The lowest BCUT2D eigenvalue weighted by Crippen LogP contribution is -2.14. The fourth-order valence-corrected chi connectivity index (χ4v) is 2.24. The third-order valence-electron chi connectivity index (χ3n) is 3.45. The normalized spacial score (nSPS) is 10.2. The van der Waals surface area contributed by atoms with Crippen molar-refractivity contribution >= 4 is 17.6 Å². The predicted octanol–water partition coefficient (Wildman–Crippen LogP) is 2.91. The van der Waals surface area contributed by atoms with Gasteiger partial charge in [-0.1, -0.05) is 30.3 Å². The Kier molecular flexibility index (Phi) is 4.38. The lowest BCUT2D eigenvalue weighted by Gasteiger charge is -2.08. The van der Waals surface area contributed by atoms with Crippen LogP contribution < -0.4 is 5.32 Å². The quantitative estimate of drug-likeness (QED) is 0.750. The molecule has 3 aromatic rings. The molecule has 6 nitrogen and oxygen atoms in total. The van der Waals surface area contributed by atoms with Gasteiger partial charge in [-0.05, 0) is 24.3 Å². The van der Waals surface area contributed by atoms with E-state index in [1.54, 1.807) is 35.1 Å². The highest BCUT2D eigenvalue weighted by molar-refractivity contribution is 6.07. The largest absolute Gasteiger partial charge is 0.465 e. The minimum absolute atomic E-state index is 0.295. The number of amides is 1. The van der Waals surface area contributed by atoms with Crippen molar-refractivity contribution in [3.63, 3.8) is 0 Å². The Morgan fingerprint density at radius 1 is 1.04 bits per heavy atom. The SMILES string of the molecule is COC(=O)c1ccccc1NC(=O)c1cnn(-c2ccccc2)c1. The van der Waals surface area contributed by atoms with Gasteiger partial charge in [0.05, 0.1) is 35.8 Å². The van der Waals surface area contributed by atoms with E-state index in [9.17, 15) is 9.59 Å². The van der Waals surface area contributed by atoms with E-state index in [1.165, 1.54) is 13.3 Å². The number of hydrogen-bond donors (Lipinski definition) is 1. The van der Waals surface area contributed by atoms with E-state index in [1.807, 2.05) is 30.3 Å². The highest BCUT2D eigenvalue weighted by Crippen LogP contribution is 2.17. The number of hydrogen-bond acceptors (Lipinski definition) is 4. The molecule has 0 radical (unpaired) electrons. The highest BCUT2D eigenvalue weighted by Gasteiger charge is 2.15. The molecular weight excluding hydrogens is 306 g/mol. The summed E-state index contributed by atoms with van der Waals surface area (Å²) < 4.78 is 6.33. The van der Waals surface area contributed by atoms with E-state index >= 15 is 0 Å². The van der Waals surface area contributed by atoms with Crippen molar-refractivity contribution in [3.8, 4) is 5.69 Å². The molecule has 1 heterocycles. The second kappa shape index (κ2) is 6.78. The summed E-state index contributed by atoms with van der Waals surface area (Å²) >= 11 is 0. The third-order valence-corrected chi connectivity index (χ3v) is 3.45. The number of nitrogens with one attached hydrogen (secondary N) is 1. The summed E-state index contributed by atoms with van der Waals surface area (Å²) in [5.41, 5.74) is 1.93. The summed E-state index contributed by atoms with van der Waals surface area (Å²) in [5.74, 6) is -0.862. The topological polar surface area (TPSA) is 73.2 Å². The van der Waals surface area contributed by atoms with Crippen LogP contribution in [0.2, 0.25) is 0 Å². The predicted molar refractivity (Wildman–Crippen MR) is 89.3 cm³/mol. The minimum Gasteiger partial charge on any atom is -0.465 e. The molecular formula is C18H15N3O3. The molecule has 0 atom stereocenters. The number of aromatic nitrogens is 2. The number of benzene rings is 2. The first kappa shape index (κ1) is 15.5. The Bertz CT molecular complexity index is 872. The van der Waals surface area contributed by atoms with Gasteiger partial charge in [-0.2, -0.15) is 5.10 Å². The summed E-state index contributed by atoms with van der Waals surface area (Å²) in [5, 5.41) is 6.90. The standard InChI is InChI=1S/C18H15N3O3/c1-24-18(23)15-9-5-6-10-16(15)20-17(22)13-11-19-21(12-13)14-7-3-2-4-8-14/h2-12H,1H3,(H,20,22). The van der Waals surface area contributed by atoms with Crippen LogP contribution in [0.4, 0.5) is 5.69 Å². The number of para-hydroxylation sites is 2. The minimum atomic E-state index is -0.508. The van der Waals surface area contributed by atoms with Crippen molar-refractivity contribution in [1.82, 2.24) is 9.78 Å². The number of carbonyl (C=O) groups is 2. The summed E-state index contributed by atoms with van der Waals surface area (Å²) in [4.78, 5) is 24.2. The van der Waals surface area contributed by atoms with E-state index in [0.29, 0.717) is 16.8 Å². The van der Waals surface area contributed by atoms with Gasteiger partial charge in [0.2, 0.25) is 0 Å². The summed E-state index contributed by atoms with van der Waals surface area (Å²) in [7, 11) is 1.30. The molecule has 6 heteroatoms. The molecule has 24 heavy (non-hydrogen) atoms. The van der Waals surface area contributed by atoms with Crippen molar-refractivity contribution in [2.24, 2.45) is 0 Å². The number of ether oxygens (including phenoxy) is 1. The van der Waals surface area contributed by atoms with Crippen LogP contribution in [-0.4, -0.2) is 28.8 Å². The number of anilines is 1. The maximum absolute atomic E-state index is 12.4. The van der Waals surface area contributed by atoms with Gasteiger partial charge in [-0.15, -0.1) is 0 Å². The van der Waals surface area contributed by atoms with Crippen LogP contribution in [0.5, 0.6) is 0 Å². The van der Waals surface area contributed by atoms with Crippen LogP contribution in [-0.2, 0) is 4.74 Å². The van der Waals surface area contributed by atoms with Crippen molar-refractivity contribution in [3.05, 3.63) is 78.1 Å². The molecule has 0 aliphatic rings. The van der Waals surface area contributed by atoms with Gasteiger partial charge in [0.15, 0.2) is 0 Å². The average molecular weight is 321 g/mol. The molecule has 3 rings (SSSR count). The Hall–Kier alpha value is -3.41. The van der Waals surface area contributed by atoms with Gasteiger partial charge in [0.1, 0.15) is 0 Å². The zero-order chi connectivity index (χ0) is 16.9. The fourth-order valence-electron chi connectivity index (χ4n) is 2.24. The molecule has 0 fully saturated rings. The van der Waals surface area contributed by atoms with Gasteiger partial charge in [-0.25, -0.2) is 9.48 Å². The monoisotopic (exact) mass is 321 g/mol. The van der Waals surface area contributed by atoms with Crippen molar-refractivity contribution in [1.29, 1.82) is 0 Å². The number of carbonyl (C=O) groups excluding carboxylic acids is 2. The lowest BCUT2D eigenvalue weighted by molar-refractivity contribution is 0.0602. The number of rotatable bonds is 4. The molecule has 1 N–H and O–H groups in total. The molecule has 0 spiro atoms. The zero-order valence-corrected chi connectivity index (χ0v) is 13.0. The molecule has 0 aliphatic heterocycles. The molecule has 0 saturated heterocycles. The Labute approximate surface area is 138 Å². The number of esters is 1. The van der Waals surface area contributed by atoms with Gasteiger partial charge in [-0.3, -0.25) is 4.79 Å². The number of nitrogens with zero attached hydrogens (tertiary/aromatic N) is 2. The van der Waals surface area contributed by atoms with Crippen LogP contribution in [0.25, 0.3) is 5.69 Å². The summed E-state index contributed by atoms with van der Waals surface area (Å²) in [6.07, 6.45) is 3.11. The number of methoxy groups -OCH3 is 1. The van der Waals surface area contributed by atoms with E-state index < -0.39 is 5.97 Å². The van der Waals surface area contributed by atoms with Crippen molar-refractivity contribution < 1.29 is 14.3 Å². The Morgan fingerprint density at radius 2 is 1.75 bits per heavy atom.